The third-order valence-electron chi connectivity index (χ3n) is 6.65. The van der Waals surface area contributed by atoms with Gasteiger partial charge in [0.05, 0.1) is 11.5 Å². The van der Waals surface area contributed by atoms with E-state index >= 15 is 0 Å². The molecule has 1 aromatic heterocycles. The van der Waals surface area contributed by atoms with Gasteiger partial charge in [0, 0.05) is 35.7 Å². The van der Waals surface area contributed by atoms with E-state index in [2.05, 4.69) is 10.00 Å². The lowest BCUT2D eigenvalue weighted by Crippen LogP contribution is -2.51. The molecule has 158 valence electrons. The molecule has 9 heteroatoms. The summed E-state index contributed by atoms with van der Waals surface area (Å²) in [6.07, 6.45) is 0.177. The van der Waals surface area contributed by atoms with Crippen LogP contribution in [0.5, 0.6) is 0 Å². The second kappa shape index (κ2) is 6.72. The Kier molecular flexibility index (Phi) is 4.85. The normalized spacial score (nSPS) is 30.1. The van der Waals surface area contributed by atoms with E-state index in [-0.39, 0.29) is 17.4 Å². The molecule has 1 saturated carbocycles. The summed E-state index contributed by atoms with van der Waals surface area (Å²) in [5, 5.41) is 3.85. The largest absolute Gasteiger partial charge is 0.435 e. The van der Waals surface area contributed by atoms with E-state index < -0.39 is 21.7 Å². The third kappa shape index (κ3) is 3.72. The van der Waals surface area contributed by atoms with Crippen LogP contribution in [0.2, 0.25) is 0 Å². The van der Waals surface area contributed by atoms with Crippen molar-refractivity contribution in [1.82, 2.24) is 14.7 Å². The number of nitrogens with zero attached hydrogens (tertiary/aromatic N) is 3. The Balaban J connectivity index is 1.50. The number of halogens is 3. The minimum atomic E-state index is -4.43. The number of alkyl halides is 3. The van der Waals surface area contributed by atoms with Gasteiger partial charge >= 0.3 is 6.18 Å². The zero-order valence-corrected chi connectivity index (χ0v) is 17.2. The molecule has 2 aliphatic heterocycles. The molecule has 1 aliphatic carbocycles. The molecule has 0 unspecified atom stereocenters. The number of aromatic nitrogens is 2. The number of likely N-dealkylation sites (tertiary alicyclic amines) is 1. The topological polar surface area (TPSA) is 55.2 Å². The summed E-state index contributed by atoms with van der Waals surface area (Å²) in [6.45, 7) is 5.42. The molecule has 2 atom stereocenters. The molecule has 28 heavy (non-hydrogen) atoms. The molecule has 0 radical (unpaired) electrons. The highest BCUT2D eigenvalue weighted by molar-refractivity contribution is 7.92. The van der Waals surface area contributed by atoms with Crippen molar-refractivity contribution in [1.29, 1.82) is 0 Å². The highest BCUT2D eigenvalue weighted by atomic mass is 32.2. The monoisotopic (exact) mass is 419 g/mol. The second-order valence-electron chi connectivity index (χ2n) is 9.26. The summed E-state index contributed by atoms with van der Waals surface area (Å²) in [5.74, 6) is 0.648. The molecule has 3 heterocycles. The molecule has 0 bridgehead atoms. The lowest BCUT2D eigenvalue weighted by Gasteiger charge is -2.40. The van der Waals surface area contributed by atoms with Crippen LogP contribution in [0, 0.1) is 5.41 Å². The molecule has 0 aromatic carbocycles. The highest BCUT2D eigenvalue weighted by Gasteiger charge is 2.53. The van der Waals surface area contributed by atoms with Crippen molar-refractivity contribution in [3.63, 3.8) is 0 Å². The molecule has 0 N–H and O–H groups in total. The summed E-state index contributed by atoms with van der Waals surface area (Å²) < 4.78 is 64.4. The van der Waals surface area contributed by atoms with E-state index in [1.165, 1.54) is 6.07 Å². The maximum Gasteiger partial charge on any atom is 0.435 e. The van der Waals surface area contributed by atoms with E-state index in [9.17, 15) is 21.6 Å². The first-order chi connectivity index (χ1) is 13.0. The Hall–Kier alpha value is -1.09. The zero-order chi connectivity index (χ0) is 20.3. The van der Waals surface area contributed by atoms with Gasteiger partial charge in [-0.1, -0.05) is 6.42 Å². The van der Waals surface area contributed by atoms with Gasteiger partial charge < -0.3 is 0 Å². The molecule has 1 spiro atoms. The lowest BCUT2D eigenvalue weighted by molar-refractivity contribution is -0.141. The Morgan fingerprint density at radius 1 is 1.25 bits per heavy atom. The minimum Gasteiger partial charge on any atom is -0.300 e. The van der Waals surface area contributed by atoms with Crippen LogP contribution < -0.4 is 0 Å². The van der Waals surface area contributed by atoms with Crippen molar-refractivity contribution in [2.45, 2.75) is 70.1 Å². The summed E-state index contributed by atoms with van der Waals surface area (Å²) >= 11 is 0. The molecular formula is C19H28F3N3O2S. The van der Waals surface area contributed by atoms with Gasteiger partial charge in [0.15, 0.2) is 15.5 Å². The van der Waals surface area contributed by atoms with E-state index in [1.807, 2.05) is 13.8 Å². The molecule has 1 aromatic rings. The number of hydrogen-bond acceptors (Lipinski definition) is 4. The number of sulfone groups is 1. The van der Waals surface area contributed by atoms with Crippen LogP contribution in [0.1, 0.15) is 69.3 Å². The Labute approximate surface area is 164 Å². The van der Waals surface area contributed by atoms with Gasteiger partial charge in [-0.2, -0.15) is 18.3 Å². The first-order valence-electron chi connectivity index (χ1n) is 10.1. The first-order valence-corrected chi connectivity index (χ1v) is 11.9. The van der Waals surface area contributed by atoms with Crippen LogP contribution in [0.4, 0.5) is 13.2 Å². The predicted octanol–water partition coefficient (Wildman–Crippen LogP) is 3.63. The molecule has 2 saturated heterocycles. The van der Waals surface area contributed by atoms with Crippen molar-refractivity contribution in [3.05, 3.63) is 17.5 Å². The molecular weight excluding hydrogens is 391 g/mol. The van der Waals surface area contributed by atoms with Crippen LogP contribution in [0.25, 0.3) is 0 Å². The van der Waals surface area contributed by atoms with Crippen molar-refractivity contribution >= 4 is 9.84 Å². The Morgan fingerprint density at radius 3 is 2.57 bits per heavy atom. The van der Waals surface area contributed by atoms with Gasteiger partial charge in [-0.3, -0.25) is 9.58 Å². The van der Waals surface area contributed by atoms with Crippen molar-refractivity contribution in [2.75, 3.05) is 24.6 Å². The standard InChI is InChI=1S/C19H28F3N3O2S/c1-13(2)25-16(9-17(23-25)19(20,21)22)14-4-3-5-15(8-14)24-7-6-18(10-24)11-28(26,27)12-18/h9,13-15H,3-8,10-12H2,1-2H3/t14-,15-/m1/s1. The maximum absolute atomic E-state index is 13.2. The highest BCUT2D eigenvalue weighted by Crippen LogP contribution is 2.45. The van der Waals surface area contributed by atoms with Crippen LogP contribution in [0.15, 0.2) is 6.07 Å². The third-order valence-corrected chi connectivity index (χ3v) is 8.75. The quantitative estimate of drug-likeness (QED) is 0.751. The second-order valence-corrected chi connectivity index (χ2v) is 11.3. The lowest BCUT2D eigenvalue weighted by atomic mass is 9.82. The summed E-state index contributed by atoms with van der Waals surface area (Å²) in [4.78, 5) is 2.39. The molecule has 5 nitrogen and oxygen atoms in total. The molecule has 0 amide bonds. The van der Waals surface area contributed by atoms with Gasteiger partial charge in [-0.15, -0.1) is 0 Å². The average molecular weight is 420 g/mol. The van der Waals surface area contributed by atoms with E-state index in [1.54, 1.807) is 4.68 Å². The fourth-order valence-electron chi connectivity index (χ4n) is 5.44. The maximum atomic E-state index is 13.2. The Morgan fingerprint density at radius 2 is 1.96 bits per heavy atom. The number of hydrogen-bond donors (Lipinski definition) is 0. The van der Waals surface area contributed by atoms with Gasteiger partial charge in [0.25, 0.3) is 0 Å². The summed E-state index contributed by atoms with van der Waals surface area (Å²) in [7, 11) is -2.85. The average Bonchev–Trinajstić information content (AvgIpc) is 3.18. The van der Waals surface area contributed by atoms with Gasteiger partial charge in [-0.05, 0) is 52.1 Å². The number of rotatable bonds is 3. The van der Waals surface area contributed by atoms with Gasteiger partial charge in [-0.25, -0.2) is 8.42 Å². The van der Waals surface area contributed by atoms with Gasteiger partial charge in [0.2, 0.25) is 0 Å². The predicted molar refractivity (Wildman–Crippen MR) is 99.9 cm³/mol. The van der Waals surface area contributed by atoms with Crippen molar-refractivity contribution in [2.24, 2.45) is 5.41 Å². The smallest absolute Gasteiger partial charge is 0.300 e. The molecule has 3 aliphatic rings. The Bertz CT molecular complexity index is 835. The van der Waals surface area contributed by atoms with E-state index in [0.717, 1.165) is 45.2 Å². The summed E-state index contributed by atoms with van der Waals surface area (Å²) in [5.41, 5.74) is -0.195. The van der Waals surface area contributed by atoms with Crippen molar-refractivity contribution < 1.29 is 21.6 Å². The molecule has 4 rings (SSSR count). The molecule has 3 fully saturated rings. The fourth-order valence-corrected chi connectivity index (χ4v) is 7.69. The van der Waals surface area contributed by atoms with Crippen LogP contribution in [-0.4, -0.2) is 53.7 Å². The van der Waals surface area contributed by atoms with E-state index in [4.69, 9.17) is 0 Å². The SMILES string of the molecule is CC(C)n1nc(C(F)(F)F)cc1[C@@H]1CCC[C@@H](N2CCC3(C2)CS(=O)(=O)C3)C1. The first kappa shape index (κ1) is 20.2. The minimum absolute atomic E-state index is 0.0615. The fraction of sp³-hybridized carbons (Fsp3) is 0.842. The van der Waals surface area contributed by atoms with Crippen molar-refractivity contribution in [3.8, 4) is 0 Å². The zero-order valence-electron chi connectivity index (χ0n) is 16.4. The summed E-state index contributed by atoms with van der Waals surface area (Å²) in [6, 6.07) is 1.42. The van der Waals surface area contributed by atoms with Crippen LogP contribution in [-0.2, 0) is 16.0 Å². The van der Waals surface area contributed by atoms with Crippen LogP contribution >= 0.6 is 0 Å². The van der Waals surface area contributed by atoms with E-state index in [0.29, 0.717) is 23.2 Å². The van der Waals surface area contributed by atoms with Crippen LogP contribution in [0.3, 0.4) is 0 Å². The van der Waals surface area contributed by atoms with Gasteiger partial charge in [0.1, 0.15) is 0 Å².